The third kappa shape index (κ3) is 1.94. The van der Waals surface area contributed by atoms with E-state index >= 15 is 0 Å². The number of thiophene rings is 1. The smallest absolute Gasteiger partial charge is 0.238 e. The predicted molar refractivity (Wildman–Crippen MR) is 78.0 cm³/mol. The summed E-state index contributed by atoms with van der Waals surface area (Å²) in [4.78, 5) is 20.4. The number of nitrogens with zero attached hydrogens (tertiary/aromatic N) is 3. The van der Waals surface area contributed by atoms with Gasteiger partial charge in [-0.3, -0.25) is 9.78 Å². The molecule has 1 atom stereocenters. The number of fused-ring (bicyclic) bond motifs is 1. The van der Waals surface area contributed by atoms with Gasteiger partial charge in [-0.25, -0.2) is 0 Å². The van der Waals surface area contributed by atoms with Gasteiger partial charge in [0.2, 0.25) is 11.7 Å². The zero-order valence-electron chi connectivity index (χ0n) is 10.3. The lowest BCUT2D eigenvalue weighted by atomic mass is 10.1. The van der Waals surface area contributed by atoms with Crippen molar-refractivity contribution >= 4 is 39.1 Å². The first kappa shape index (κ1) is 12.0. The van der Waals surface area contributed by atoms with Gasteiger partial charge in [-0.15, -0.1) is 11.3 Å². The summed E-state index contributed by atoms with van der Waals surface area (Å²) in [6.07, 6.45) is 1.73. The van der Waals surface area contributed by atoms with Crippen molar-refractivity contribution in [2.45, 2.75) is 5.92 Å². The number of hydrogen-bond acceptors (Lipinski definition) is 7. The fourth-order valence-corrected chi connectivity index (χ4v) is 4.01. The van der Waals surface area contributed by atoms with Crippen molar-refractivity contribution in [2.24, 2.45) is 0 Å². The maximum absolute atomic E-state index is 11.7. The minimum Gasteiger partial charge on any atom is -0.338 e. The van der Waals surface area contributed by atoms with Gasteiger partial charge >= 0.3 is 0 Å². The molecule has 1 saturated heterocycles. The lowest BCUT2D eigenvalue weighted by Crippen LogP contribution is -2.09. The largest absolute Gasteiger partial charge is 0.338 e. The summed E-state index contributed by atoms with van der Waals surface area (Å²) < 4.78 is 6.33. The summed E-state index contributed by atoms with van der Waals surface area (Å²) in [5, 5.41) is 5.97. The molecule has 7 heteroatoms. The molecular weight excluding hydrogens is 294 g/mol. The topological polar surface area (TPSA) is 68.9 Å². The number of carbonyl (C=O) groups excluding carboxylic acids is 1. The van der Waals surface area contributed by atoms with Gasteiger partial charge in [0.25, 0.3) is 0 Å². The first-order valence-corrected chi connectivity index (χ1v) is 8.12. The van der Waals surface area contributed by atoms with Gasteiger partial charge in [-0.05, 0) is 17.5 Å². The minimum atomic E-state index is -0.250. The Kier molecular flexibility index (Phi) is 2.82. The molecule has 5 nitrogen and oxygen atoms in total. The number of hydrogen-bond donors (Lipinski definition) is 0. The van der Waals surface area contributed by atoms with Crippen molar-refractivity contribution in [2.75, 3.05) is 11.5 Å². The van der Waals surface area contributed by atoms with E-state index in [0.717, 1.165) is 21.5 Å². The summed E-state index contributed by atoms with van der Waals surface area (Å²) in [5.41, 5.74) is 1.78. The molecule has 1 fully saturated rings. The summed E-state index contributed by atoms with van der Waals surface area (Å²) in [6.45, 7) is 0. The third-order valence-electron chi connectivity index (χ3n) is 3.22. The molecule has 0 radical (unpaired) electrons. The van der Waals surface area contributed by atoms with Crippen LogP contribution in [0, 0.1) is 0 Å². The molecule has 4 heterocycles. The van der Waals surface area contributed by atoms with Gasteiger partial charge in [0.1, 0.15) is 5.92 Å². The van der Waals surface area contributed by atoms with E-state index in [1.807, 2.05) is 17.5 Å². The van der Waals surface area contributed by atoms with E-state index < -0.39 is 0 Å². The van der Waals surface area contributed by atoms with Gasteiger partial charge in [-0.2, -0.15) is 16.7 Å². The highest BCUT2D eigenvalue weighted by atomic mass is 32.2. The second-order valence-corrected chi connectivity index (χ2v) is 6.50. The Morgan fingerprint density at radius 3 is 3.20 bits per heavy atom. The van der Waals surface area contributed by atoms with Crippen LogP contribution >= 0.6 is 23.1 Å². The summed E-state index contributed by atoms with van der Waals surface area (Å²) >= 11 is 3.23. The van der Waals surface area contributed by atoms with Gasteiger partial charge in [0.15, 0.2) is 5.78 Å². The van der Waals surface area contributed by atoms with Crippen LogP contribution in [0.3, 0.4) is 0 Å². The van der Waals surface area contributed by atoms with Crippen LogP contribution in [0.4, 0.5) is 0 Å². The predicted octanol–water partition coefficient (Wildman–Crippen LogP) is 2.75. The van der Waals surface area contributed by atoms with E-state index in [2.05, 4.69) is 15.1 Å². The van der Waals surface area contributed by atoms with E-state index in [9.17, 15) is 4.79 Å². The average molecular weight is 303 g/mol. The fraction of sp³-hybridized carbons (Fsp3) is 0.231. The zero-order chi connectivity index (χ0) is 13.5. The minimum absolute atomic E-state index is 0.164. The van der Waals surface area contributed by atoms with Crippen LogP contribution in [-0.2, 0) is 4.79 Å². The lowest BCUT2D eigenvalue weighted by molar-refractivity contribution is -0.117. The molecule has 0 aliphatic carbocycles. The van der Waals surface area contributed by atoms with E-state index in [4.69, 9.17) is 4.52 Å². The van der Waals surface area contributed by atoms with Crippen molar-refractivity contribution in [1.82, 2.24) is 15.1 Å². The molecular formula is C13H9N3O2S2. The second kappa shape index (κ2) is 4.68. The number of aromatic nitrogens is 3. The average Bonchev–Trinajstić information content (AvgIpc) is 3.17. The molecule has 4 rings (SSSR count). The Labute approximate surface area is 122 Å². The number of ketones is 1. The molecule has 0 N–H and O–H groups in total. The highest BCUT2D eigenvalue weighted by molar-refractivity contribution is 8.00. The number of pyridine rings is 1. The Morgan fingerprint density at radius 2 is 2.35 bits per heavy atom. The maximum atomic E-state index is 11.7. The number of Topliss-reactive ketones (excluding diaryl/α,β-unsaturated/α-hetero) is 1. The van der Waals surface area contributed by atoms with Crippen LogP contribution in [0.25, 0.3) is 21.6 Å². The molecule has 3 aromatic rings. The lowest BCUT2D eigenvalue weighted by Gasteiger charge is -1.97. The molecule has 0 bridgehead atoms. The van der Waals surface area contributed by atoms with E-state index in [1.54, 1.807) is 29.3 Å². The second-order valence-electron chi connectivity index (χ2n) is 4.52. The van der Waals surface area contributed by atoms with E-state index in [1.165, 1.54) is 0 Å². The highest BCUT2D eigenvalue weighted by Gasteiger charge is 2.31. The molecule has 1 aliphatic heterocycles. The van der Waals surface area contributed by atoms with Crippen LogP contribution < -0.4 is 0 Å². The van der Waals surface area contributed by atoms with Crippen molar-refractivity contribution in [3.63, 3.8) is 0 Å². The van der Waals surface area contributed by atoms with Crippen molar-refractivity contribution in [3.8, 4) is 11.4 Å². The molecule has 20 heavy (non-hydrogen) atoms. The standard InChI is InChI=1S/C13H9N3O2S2/c17-10-6-19-5-8(10)13-15-12(16-18-13)7-3-11-9(14-4-7)1-2-20-11/h1-4,8H,5-6H2. The number of carbonyl (C=O) groups is 1. The molecule has 1 aliphatic rings. The first-order chi connectivity index (χ1) is 9.81. The van der Waals surface area contributed by atoms with Gasteiger partial charge < -0.3 is 4.52 Å². The molecule has 0 saturated carbocycles. The normalized spacial score (nSPS) is 19.0. The van der Waals surface area contributed by atoms with Crippen LogP contribution in [-0.4, -0.2) is 32.4 Å². The molecule has 1 unspecified atom stereocenters. The van der Waals surface area contributed by atoms with Gasteiger partial charge in [0, 0.05) is 17.5 Å². The quantitative estimate of drug-likeness (QED) is 0.725. The molecule has 0 aromatic carbocycles. The first-order valence-electron chi connectivity index (χ1n) is 6.09. The van der Waals surface area contributed by atoms with Gasteiger partial charge in [-0.1, -0.05) is 5.16 Å². The molecule has 100 valence electrons. The van der Waals surface area contributed by atoms with Crippen LogP contribution in [0.15, 0.2) is 28.2 Å². The highest BCUT2D eigenvalue weighted by Crippen LogP contribution is 2.30. The summed E-state index contributed by atoms with van der Waals surface area (Å²) in [7, 11) is 0. The van der Waals surface area contributed by atoms with E-state index in [0.29, 0.717) is 17.5 Å². The third-order valence-corrected chi connectivity index (χ3v) is 5.13. The van der Waals surface area contributed by atoms with Crippen LogP contribution in [0.1, 0.15) is 11.8 Å². The monoisotopic (exact) mass is 303 g/mol. The van der Waals surface area contributed by atoms with Crippen molar-refractivity contribution in [3.05, 3.63) is 29.6 Å². The van der Waals surface area contributed by atoms with Gasteiger partial charge in [0.05, 0.1) is 16.0 Å². The molecule has 0 amide bonds. The Morgan fingerprint density at radius 1 is 1.40 bits per heavy atom. The number of thioether (sulfide) groups is 1. The number of rotatable bonds is 2. The van der Waals surface area contributed by atoms with Crippen LogP contribution in [0.5, 0.6) is 0 Å². The maximum Gasteiger partial charge on any atom is 0.238 e. The molecule has 0 spiro atoms. The van der Waals surface area contributed by atoms with Crippen molar-refractivity contribution in [1.29, 1.82) is 0 Å². The Hall–Kier alpha value is -1.73. The fourth-order valence-electron chi connectivity index (χ4n) is 2.14. The van der Waals surface area contributed by atoms with Crippen LogP contribution in [0.2, 0.25) is 0 Å². The Balaban J connectivity index is 1.71. The summed E-state index contributed by atoms with van der Waals surface area (Å²) in [5.74, 6) is 2.08. The molecule has 3 aromatic heterocycles. The van der Waals surface area contributed by atoms with E-state index in [-0.39, 0.29) is 11.7 Å². The SMILES string of the molecule is O=C1CSCC1c1nc(-c2cnc3ccsc3c2)no1. The summed E-state index contributed by atoms with van der Waals surface area (Å²) in [6, 6.07) is 3.96. The Bertz CT molecular complexity index is 796. The van der Waals surface area contributed by atoms with Crippen molar-refractivity contribution < 1.29 is 9.32 Å². The zero-order valence-corrected chi connectivity index (χ0v) is 11.9.